The number of hydrogen-bond acceptors (Lipinski definition) is 4. The zero-order valence-electron chi connectivity index (χ0n) is 17.9. The Morgan fingerprint density at radius 2 is 1.78 bits per heavy atom. The van der Waals surface area contributed by atoms with E-state index in [1.807, 2.05) is 29.2 Å². The molecule has 0 bridgehead atoms. The number of aryl methyl sites for hydroxylation is 1. The van der Waals surface area contributed by atoms with Crippen molar-refractivity contribution in [2.45, 2.75) is 19.4 Å². The minimum absolute atomic E-state index is 0. The molecule has 0 aliphatic carbocycles. The van der Waals surface area contributed by atoms with Gasteiger partial charge in [-0.25, -0.2) is 4.79 Å². The van der Waals surface area contributed by atoms with Crippen LogP contribution in [-0.2, 0) is 4.79 Å². The van der Waals surface area contributed by atoms with Crippen LogP contribution in [0, 0.1) is 18.8 Å². The average Bonchev–Trinajstić information content (AvgIpc) is 3.35. The molecule has 4 amide bonds. The maximum absolute atomic E-state index is 13.9. The van der Waals surface area contributed by atoms with Crippen molar-refractivity contribution in [3.05, 3.63) is 65.2 Å². The van der Waals surface area contributed by atoms with Gasteiger partial charge in [-0.05, 0) is 36.1 Å². The predicted molar refractivity (Wildman–Crippen MR) is 124 cm³/mol. The Kier molecular flexibility index (Phi) is 6.22. The molecule has 0 radical (unpaired) electrons. The Hall–Kier alpha value is -2.90. The van der Waals surface area contributed by atoms with Crippen molar-refractivity contribution in [2.75, 3.05) is 31.1 Å². The fraction of sp³-hybridized carbons (Fsp3) is 0.375. The second kappa shape index (κ2) is 8.92. The highest BCUT2D eigenvalue weighted by Crippen LogP contribution is 2.44. The Bertz CT molecular complexity index is 1060. The van der Waals surface area contributed by atoms with Crippen LogP contribution in [0.1, 0.15) is 33.9 Å². The molecule has 3 heterocycles. The van der Waals surface area contributed by atoms with Gasteiger partial charge in [-0.3, -0.25) is 19.8 Å². The first-order valence-electron chi connectivity index (χ1n) is 10.8. The van der Waals surface area contributed by atoms with Crippen LogP contribution in [-0.4, -0.2) is 48.9 Å². The van der Waals surface area contributed by atoms with Crippen LogP contribution in [0.4, 0.5) is 10.5 Å². The quantitative estimate of drug-likeness (QED) is 0.747. The van der Waals surface area contributed by atoms with Crippen molar-refractivity contribution in [2.24, 2.45) is 11.8 Å². The summed E-state index contributed by atoms with van der Waals surface area (Å²) in [5.74, 6) is 0.428. The highest BCUT2D eigenvalue weighted by atomic mass is 35.5. The molecule has 0 unspecified atom stereocenters. The topological polar surface area (TPSA) is 81.8 Å². The minimum atomic E-state index is -0.477. The summed E-state index contributed by atoms with van der Waals surface area (Å²) in [4.78, 5) is 41.4. The molecule has 3 aliphatic rings. The molecule has 2 aromatic rings. The summed E-state index contributed by atoms with van der Waals surface area (Å²) < 4.78 is 0. The van der Waals surface area contributed by atoms with Gasteiger partial charge in [0.1, 0.15) is 0 Å². The third kappa shape index (κ3) is 3.76. The molecule has 168 valence electrons. The van der Waals surface area contributed by atoms with Gasteiger partial charge in [0.2, 0.25) is 5.91 Å². The molecule has 7 nitrogen and oxygen atoms in total. The van der Waals surface area contributed by atoms with Gasteiger partial charge in [0.05, 0.1) is 17.3 Å². The molecular weight excluding hydrogens is 428 g/mol. The van der Waals surface area contributed by atoms with Gasteiger partial charge in [0.15, 0.2) is 0 Å². The summed E-state index contributed by atoms with van der Waals surface area (Å²) in [5.41, 5.74) is 3.42. The van der Waals surface area contributed by atoms with Crippen LogP contribution in [0.2, 0.25) is 0 Å². The van der Waals surface area contributed by atoms with Gasteiger partial charge in [-0.2, -0.15) is 0 Å². The zero-order chi connectivity index (χ0) is 21.5. The highest BCUT2D eigenvalue weighted by molar-refractivity contribution is 6.09. The van der Waals surface area contributed by atoms with E-state index in [4.69, 9.17) is 0 Å². The predicted octanol–water partition coefficient (Wildman–Crippen LogP) is 2.90. The van der Waals surface area contributed by atoms with Crippen molar-refractivity contribution < 1.29 is 14.4 Å². The maximum atomic E-state index is 13.9. The third-order valence-electron chi connectivity index (χ3n) is 6.81. The van der Waals surface area contributed by atoms with Gasteiger partial charge in [0.25, 0.3) is 5.91 Å². The number of rotatable bonds is 3. The number of carbonyl (C=O) groups is 3. The highest BCUT2D eigenvalue weighted by Gasteiger charge is 2.47. The number of likely N-dealkylation sites (tertiary alicyclic amines) is 1. The lowest BCUT2D eigenvalue weighted by Gasteiger charge is -2.32. The molecule has 3 aliphatic heterocycles. The summed E-state index contributed by atoms with van der Waals surface area (Å²) in [6.45, 7) is 4.86. The van der Waals surface area contributed by atoms with Gasteiger partial charge in [-0.15, -0.1) is 12.4 Å². The lowest BCUT2D eigenvalue weighted by atomic mass is 9.87. The lowest BCUT2D eigenvalue weighted by Crippen LogP contribution is -2.50. The standard InChI is InChI=1S/C24H26N4O3.ClH/c1-15-6-2-3-7-17(15)22-19-13-25-12-16(19)14-28(22)23(30)18-8-4-5-9-20(18)27-11-10-21(29)26-24(27)31;/h2-9,16,19,22,25H,10-14H2,1H3,(H,26,29,31);1H/t16-,19-,22+;/m0./s1. The molecule has 0 saturated carbocycles. The van der Waals surface area contributed by atoms with E-state index in [9.17, 15) is 14.4 Å². The fourth-order valence-electron chi connectivity index (χ4n) is 5.29. The Balaban J connectivity index is 0.00000245. The lowest BCUT2D eigenvalue weighted by molar-refractivity contribution is -0.120. The number of nitrogens with zero attached hydrogens (tertiary/aromatic N) is 2. The SMILES string of the molecule is Cc1ccccc1[C@@H]1[C@H]2CNC[C@H]2CN1C(=O)c1ccccc1N1CCC(=O)NC1=O.Cl. The molecule has 2 aromatic carbocycles. The molecule has 32 heavy (non-hydrogen) atoms. The molecule has 3 fully saturated rings. The molecule has 0 aromatic heterocycles. The first kappa shape index (κ1) is 22.3. The number of para-hydroxylation sites is 1. The number of urea groups is 1. The van der Waals surface area contributed by atoms with E-state index in [0.717, 1.165) is 13.1 Å². The number of hydrogen-bond donors (Lipinski definition) is 2. The first-order valence-corrected chi connectivity index (χ1v) is 10.8. The van der Waals surface area contributed by atoms with Crippen molar-refractivity contribution in [1.82, 2.24) is 15.5 Å². The monoisotopic (exact) mass is 454 g/mol. The van der Waals surface area contributed by atoms with E-state index in [1.165, 1.54) is 16.0 Å². The summed E-state index contributed by atoms with van der Waals surface area (Å²) >= 11 is 0. The number of anilines is 1. The number of carbonyl (C=O) groups excluding carboxylic acids is 3. The van der Waals surface area contributed by atoms with Crippen molar-refractivity contribution in [3.63, 3.8) is 0 Å². The Labute approximate surface area is 193 Å². The summed E-state index contributed by atoms with van der Waals surface area (Å²) in [7, 11) is 0. The largest absolute Gasteiger partial charge is 0.331 e. The van der Waals surface area contributed by atoms with Crippen molar-refractivity contribution in [3.8, 4) is 0 Å². The number of amides is 4. The number of fused-ring (bicyclic) bond motifs is 1. The Morgan fingerprint density at radius 1 is 1.03 bits per heavy atom. The molecule has 8 heteroatoms. The molecule has 0 spiro atoms. The Morgan fingerprint density at radius 3 is 2.56 bits per heavy atom. The number of benzene rings is 2. The third-order valence-corrected chi connectivity index (χ3v) is 6.81. The summed E-state index contributed by atoms with van der Waals surface area (Å²) in [6, 6.07) is 15.0. The first-order chi connectivity index (χ1) is 15.0. The van der Waals surface area contributed by atoms with Gasteiger partial charge >= 0.3 is 6.03 Å². The average molecular weight is 455 g/mol. The van der Waals surface area contributed by atoms with E-state index in [1.54, 1.807) is 12.1 Å². The molecule has 2 N–H and O–H groups in total. The molecular formula is C24H27ClN4O3. The smallest absolute Gasteiger partial charge is 0.328 e. The molecule has 3 atom stereocenters. The van der Waals surface area contributed by atoms with Crippen LogP contribution < -0.4 is 15.5 Å². The van der Waals surface area contributed by atoms with Crippen LogP contribution in [0.15, 0.2) is 48.5 Å². The maximum Gasteiger partial charge on any atom is 0.328 e. The summed E-state index contributed by atoms with van der Waals surface area (Å²) in [6.07, 6.45) is 0.222. The number of imide groups is 1. The van der Waals surface area contributed by atoms with E-state index in [-0.39, 0.29) is 43.2 Å². The molecule has 5 rings (SSSR count). The van der Waals surface area contributed by atoms with Gasteiger partial charge < -0.3 is 10.2 Å². The number of halogens is 1. The zero-order valence-corrected chi connectivity index (χ0v) is 18.7. The van der Waals surface area contributed by atoms with E-state index in [0.29, 0.717) is 29.6 Å². The van der Waals surface area contributed by atoms with Crippen LogP contribution >= 0.6 is 12.4 Å². The normalized spacial score (nSPS) is 24.7. The minimum Gasteiger partial charge on any atom is -0.331 e. The van der Waals surface area contributed by atoms with Crippen molar-refractivity contribution >= 4 is 35.9 Å². The number of nitrogens with one attached hydrogen (secondary N) is 2. The second-order valence-corrected chi connectivity index (χ2v) is 8.61. The fourth-order valence-corrected chi connectivity index (χ4v) is 5.29. The van der Waals surface area contributed by atoms with E-state index < -0.39 is 6.03 Å². The second-order valence-electron chi connectivity index (χ2n) is 8.61. The van der Waals surface area contributed by atoms with Crippen LogP contribution in [0.3, 0.4) is 0 Å². The summed E-state index contributed by atoms with van der Waals surface area (Å²) in [5, 5.41) is 5.84. The van der Waals surface area contributed by atoms with Crippen LogP contribution in [0.5, 0.6) is 0 Å². The van der Waals surface area contributed by atoms with E-state index >= 15 is 0 Å². The van der Waals surface area contributed by atoms with E-state index in [2.05, 4.69) is 29.7 Å². The molecule has 3 saturated heterocycles. The van der Waals surface area contributed by atoms with Crippen LogP contribution in [0.25, 0.3) is 0 Å². The van der Waals surface area contributed by atoms with Gasteiger partial charge in [0, 0.05) is 38.5 Å². The van der Waals surface area contributed by atoms with Crippen molar-refractivity contribution in [1.29, 1.82) is 0 Å². The van der Waals surface area contributed by atoms with Gasteiger partial charge in [-0.1, -0.05) is 36.4 Å².